The Morgan fingerprint density at radius 3 is 2.72 bits per heavy atom. The summed E-state index contributed by atoms with van der Waals surface area (Å²) in [5.41, 5.74) is 5.89. The van der Waals surface area contributed by atoms with Crippen molar-refractivity contribution in [1.29, 1.82) is 0 Å². The van der Waals surface area contributed by atoms with E-state index in [9.17, 15) is 19.1 Å². The summed E-state index contributed by atoms with van der Waals surface area (Å²) in [4.78, 5) is 26.1. The predicted molar refractivity (Wildman–Crippen MR) is 107 cm³/mol. The van der Waals surface area contributed by atoms with Crippen LogP contribution in [-0.2, 0) is 0 Å². The Morgan fingerprint density at radius 1 is 1.38 bits per heavy atom. The number of aromatic nitrogens is 1. The number of carbonyl (C=O) groups is 1. The molecule has 3 N–H and O–H groups in total. The summed E-state index contributed by atoms with van der Waals surface area (Å²) in [7, 11) is 0. The summed E-state index contributed by atoms with van der Waals surface area (Å²) in [6, 6.07) is 1.70. The minimum absolute atomic E-state index is 0.0963. The molecule has 1 saturated heterocycles. The lowest BCUT2D eigenvalue weighted by Crippen LogP contribution is -2.33. The number of anilines is 1. The normalized spacial score (nSPS) is 19.0. The van der Waals surface area contributed by atoms with Crippen LogP contribution >= 0.6 is 0 Å². The van der Waals surface area contributed by atoms with Crippen molar-refractivity contribution in [2.75, 3.05) is 24.5 Å². The average Bonchev–Trinajstić information content (AvgIpc) is 3.55. The fourth-order valence-corrected chi connectivity index (χ4v) is 4.13. The van der Waals surface area contributed by atoms with Crippen molar-refractivity contribution in [3.05, 3.63) is 50.8 Å². The van der Waals surface area contributed by atoms with Crippen LogP contribution in [0.1, 0.15) is 47.6 Å². The third-order valence-corrected chi connectivity index (χ3v) is 5.84. The van der Waals surface area contributed by atoms with Gasteiger partial charge in [-0.3, -0.25) is 4.79 Å². The molecule has 2 aliphatic rings. The predicted octanol–water partition coefficient (Wildman–Crippen LogP) is 3.26. The van der Waals surface area contributed by atoms with Crippen molar-refractivity contribution in [2.45, 2.75) is 38.6 Å². The van der Waals surface area contributed by atoms with Gasteiger partial charge < -0.3 is 20.3 Å². The molecule has 0 amide bonds. The number of nitrogens with zero attached hydrogens (tertiary/aromatic N) is 2. The molecule has 0 spiro atoms. The van der Waals surface area contributed by atoms with Gasteiger partial charge in [0.15, 0.2) is 0 Å². The summed E-state index contributed by atoms with van der Waals surface area (Å²) in [6.45, 7) is 2.12. The van der Waals surface area contributed by atoms with E-state index in [-0.39, 0.29) is 41.5 Å². The van der Waals surface area contributed by atoms with E-state index < -0.39 is 17.2 Å². The van der Waals surface area contributed by atoms with E-state index in [0.717, 1.165) is 12.8 Å². The van der Waals surface area contributed by atoms with Crippen molar-refractivity contribution >= 4 is 22.6 Å². The Balaban J connectivity index is 1.93. The maximum absolute atomic E-state index is 15.3. The number of aryl methyl sites for hydroxylation is 1. The zero-order valence-corrected chi connectivity index (χ0v) is 16.2. The number of nitrogens with two attached hydrogens (primary N) is 1. The van der Waals surface area contributed by atoms with Crippen molar-refractivity contribution in [3.8, 4) is 0 Å². The summed E-state index contributed by atoms with van der Waals surface area (Å²) < 4.78 is 31.1. The molecule has 0 bridgehead atoms. The van der Waals surface area contributed by atoms with Gasteiger partial charge in [-0.2, -0.15) is 0 Å². The molecule has 2 fully saturated rings. The standard InChI is InChI=1S/C21H23F2N3O3/c1-11-18-16(26(13-4-5-13)10-14(20(18)27)21(28)29)7-17(19(11)23)25-6-2-3-12(9-25)15(22)8-24/h7,10,13H,2-6,8-9,24H2,1H3,(H,28,29)/b15-12-. The Labute approximate surface area is 166 Å². The van der Waals surface area contributed by atoms with E-state index in [4.69, 9.17) is 5.73 Å². The first kappa shape index (κ1) is 19.6. The lowest BCUT2D eigenvalue weighted by atomic mass is 10.00. The van der Waals surface area contributed by atoms with Crippen LogP contribution in [0.2, 0.25) is 0 Å². The van der Waals surface area contributed by atoms with Crippen LogP contribution in [0.15, 0.2) is 28.5 Å². The number of hydrogen-bond acceptors (Lipinski definition) is 4. The maximum Gasteiger partial charge on any atom is 0.341 e. The second kappa shape index (κ2) is 7.26. The quantitative estimate of drug-likeness (QED) is 0.818. The highest BCUT2D eigenvalue weighted by atomic mass is 19.1. The number of rotatable bonds is 4. The van der Waals surface area contributed by atoms with E-state index >= 15 is 4.39 Å². The molecule has 0 unspecified atom stereocenters. The largest absolute Gasteiger partial charge is 0.477 e. The molecule has 1 aromatic carbocycles. The molecule has 154 valence electrons. The van der Waals surface area contributed by atoms with Crippen LogP contribution in [0, 0.1) is 12.7 Å². The average molecular weight is 403 g/mol. The number of carboxylic acids is 1. The lowest BCUT2D eigenvalue weighted by molar-refractivity contribution is 0.0695. The van der Waals surface area contributed by atoms with Crippen LogP contribution in [0.5, 0.6) is 0 Å². The molecule has 0 radical (unpaired) electrons. The van der Waals surface area contributed by atoms with Gasteiger partial charge in [-0.1, -0.05) is 0 Å². The lowest BCUT2D eigenvalue weighted by Gasteiger charge is -2.32. The Kier molecular flexibility index (Phi) is 4.90. The molecule has 1 aliphatic heterocycles. The van der Waals surface area contributed by atoms with E-state index in [1.54, 1.807) is 15.5 Å². The number of halogens is 2. The van der Waals surface area contributed by atoms with Gasteiger partial charge in [0, 0.05) is 37.4 Å². The third-order valence-electron chi connectivity index (χ3n) is 5.84. The molecule has 6 nitrogen and oxygen atoms in total. The molecule has 0 atom stereocenters. The van der Waals surface area contributed by atoms with Gasteiger partial charge >= 0.3 is 5.97 Å². The molecule has 1 aromatic heterocycles. The van der Waals surface area contributed by atoms with Gasteiger partial charge in [0.2, 0.25) is 5.43 Å². The second-order valence-electron chi connectivity index (χ2n) is 7.78. The molecular formula is C21H23F2N3O3. The number of carboxylic acid groups (broad SMARTS) is 1. The zero-order chi connectivity index (χ0) is 20.9. The summed E-state index contributed by atoms with van der Waals surface area (Å²) in [5.74, 6) is -2.26. The number of hydrogen-bond donors (Lipinski definition) is 2. The topological polar surface area (TPSA) is 88.6 Å². The highest BCUT2D eigenvalue weighted by Crippen LogP contribution is 2.39. The molecule has 2 aromatic rings. The van der Waals surface area contributed by atoms with Gasteiger partial charge in [-0.15, -0.1) is 0 Å². The van der Waals surface area contributed by atoms with Crippen LogP contribution in [0.3, 0.4) is 0 Å². The summed E-state index contributed by atoms with van der Waals surface area (Å²) >= 11 is 0. The fraction of sp³-hybridized carbons (Fsp3) is 0.429. The number of benzene rings is 1. The number of aromatic carboxylic acids is 1. The second-order valence-corrected chi connectivity index (χ2v) is 7.78. The van der Waals surface area contributed by atoms with Gasteiger partial charge in [-0.25, -0.2) is 13.6 Å². The molecule has 8 heteroatoms. The van der Waals surface area contributed by atoms with Crippen molar-refractivity contribution in [3.63, 3.8) is 0 Å². The molecule has 1 saturated carbocycles. The Bertz CT molecular complexity index is 1100. The minimum Gasteiger partial charge on any atom is -0.477 e. The van der Waals surface area contributed by atoms with E-state index in [0.29, 0.717) is 36.2 Å². The van der Waals surface area contributed by atoms with E-state index in [2.05, 4.69) is 0 Å². The fourth-order valence-electron chi connectivity index (χ4n) is 4.13. The number of fused-ring (bicyclic) bond motifs is 1. The van der Waals surface area contributed by atoms with Crippen molar-refractivity contribution in [2.24, 2.45) is 5.73 Å². The van der Waals surface area contributed by atoms with Crippen LogP contribution in [0.25, 0.3) is 10.9 Å². The van der Waals surface area contributed by atoms with Gasteiger partial charge in [0.1, 0.15) is 17.2 Å². The first-order chi connectivity index (χ1) is 13.8. The molecule has 1 aliphatic carbocycles. The monoisotopic (exact) mass is 403 g/mol. The Hall–Kier alpha value is -2.74. The molecule has 29 heavy (non-hydrogen) atoms. The SMILES string of the molecule is Cc1c(F)c(N2CCC/C(=C(/F)CN)C2)cc2c1c(=O)c(C(=O)O)cn2C1CC1. The van der Waals surface area contributed by atoms with Crippen molar-refractivity contribution in [1.82, 2.24) is 4.57 Å². The van der Waals surface area contributed by atoms with Gasteiger partial charge in [-0.05, 0) is 44.2 Å². The Morgan fingerprint density at radius 2 is 2.10 bits per heavy atom. The van der Waals surface area contributed by atoms with Gasteiger partial charge in [0.05, 0.1) is 16.6 Å². The van der Waals surface area contributed by atoms with Crippen LogP contribution in [-0.4, -0.2) is 35.3 Å². The third kappa shape index (κ3) is 3.31. The van der Waals surface area contributed by atoms with E-state index in [1.165, 1.54) is 13.1 Å². The molecule has 4 rings (SSSR count). The highest BCUT2D eigenvalue weighted by Gasteiger charge is 2.30. The minimum atomic E-state index is -1.32. The van der Waals surface area contributed by atoms with E-state index in [1.807, 2.05) is 0 Å². The van der Waals surface area contributed by atoms with Crippen molar-refractivity contribution < 1.29 is 18.7 Å². The van der Waals surface area contributed by atoms with Gasteiger partial charge in [0.25, 0.3) is 0 Å². The first-order valence-corrected chi connectivity index (χ1v) is 9.76. The maximum atomic E-state index is 15.3. The van der Waals surface area contributed by atoms with Crippen LogP contribution < -0.4 is 16.1 Å². The molecule has 2 heterocycles. The van der Waals surface area contributed by atoms with Crippen LogP contribution in [0.4, 0.5) is 14.5 Å². The zero-order valence-electron chi connectivity index (χ0n) is 16.2. The molecular weight excluding hydrogens is 380 g/mol. The highest BCUT2D eigenvalue weighted by molar-refractivity contribution is 5.95. The summed E-state index contributed by atoms with van der Waals surface area (Å²) in [5, 5.41) is 9.51. The smallest absolute Gasteiger partial charge is 0.341 e. The summed E-state index contributed by atoms with van der Waals surface area (Å²) in [6.07, 6.45) is 4.37. The number of piperidine rings is 1. The number of pyridine rings is 1. The first-order valence-electron chi connectivity index (χ1n) is 9.76.